The summed E-state index contributed by atoms with van der Waals surface area (Å²) in [4.78, 5) is 13.5. The van der Waals surface area contributed by atoms with Gasteiger partial charge < -0.3 is 14.8 Å². The van der Waals surface area contributed by atoms with Crippen LogP contribution in [0.4, 0.5) is 0 Å². The zero-order valence-corrected chi connectivity index (χ0v) is 17.6. The SMILES string of the molecule is CN=C(NCc1cccc(Cn2ccnc2)c1)N1CCN(Cc2ccccc2)CC1. The maximum atomic E-state index is 4.52. The van der Waals surface area contributed by atoms with E-state index in [0.29, 0.717) is 0 Å². The van der Waals surface area contributed by atoms with Gasteiger partial charge in [-0.15, -0.1) is 0 Å². The second-order valence-electron chi connectivity index (χ2n) is 7.70. The molecule has 0 radical (unpaired) electrons. The average Bonchev–Trinajstić information content (AvgIpc) is 3.29. The number of hydrogen-bond acceptors (Lipinski definition) is 3. The molecule has 6 heteroatoms. The second kappa shape index (κ2) is 10.1. The van der Waals surface area contributed by atoms with E-state index in [2.05, 4.69) is 84.3 Å². The number of imidazole rings is 1. The monoisotopic (exact) mass is 402 g/mol. The molecule has 1 fully saturated rings. The number of guanidine groups is 1. The van der Waals surface area contributed by atoms with Gasteiger partial charge in [-0.05, 0) is 16.7 Å². The number of nitrogens with zero attached hydrogens (tertiary/aromatic N) is 5. The predicted octanol–water partition coefficient (Wildman–Crippen LogP) is 2.82. The molecular formula is C24H30N6. The molecule has 156 valence electrons. The van der Waals surface area contributed by atoms with Crippen LogP contribution in [-0.4, -0.2) is 58.5 Å². The van der Waals surface area contributed by atoms with Crippen LogP contribution in [0.5, 0.6) is 0 Å². The Hall–Kier alpha value is -3.12. The molecule has 1 aromatic heterocycles. The largest absolute Gasteiger partial charge is 0.352 e. The van der Waals surface area contributed by atoms with Crippen molar-refractivity contribution in [2.75, 3.05) is 33.2 Å². The summed E-state index contributed by atoms with van der Waals surface area (Å²) in [7, 11) is 1.87. The molecule has 1 saturated heterocycles. The molecule has 1 N–H and O–H groups in total. The lowest BCUT2D eigenvalue weighted by Crippen LogP contribution is -2.52. The van der Waals surface area contributed by atoms with Gasteiger partial charge in [-0.2, -0.15) is 0 Å². The van der Waals surface area contributed by atoms with Gasteiger partial charge in [0.2, 0.25) is 0 Å². The zero-order valence-electron chi connectivity index (χ0n) is 17.6. The van der Waals surface area contributed by atoms with Crippen LogP contribution in [0, 0.1) is 0 Å². The Labute approximate surface area is 178 Å². The first-order valence-corrected chi connectivity index (χ1v) is 10.6. The lowest BCUT2D eigenvalue weighted by molar-refractivity contribution is 0.172. The molecule has 0 atom stereocenters. The highest BCUT2D eigenvalue weighted by atomic mass is 15.3. The summed E-state index contributed by atoms with van der Waals surface area (Å²) < 4.78 is 2.08. The van der Waals surface area contributed by atoms with Crippen molar-refractivity contribution in [3.05, 3.63) is 90.0 Å². The van der Waals surface area contributed by atoms with Gasteiger partial charge >= 0.3 is 0 Å². The molecular weight excluding hydrogens is 372 g/mol. The Morgan fingerprint density at radius 3 is 2.43 bits per heavy atom. The summed E-state index contributed by atoms with van der Waals surface area (Å²) in [6, 6.07) is 19.4. The third-order valence-corrected chi connectivity index (χ3v) is 5.50. The Bertz CT molecular complexity index is 927. The fraction of sp³-hybridized carbons (Fsp3) is 0.333. The zero-order chi connectivity index (χ0) is 20.6. The van der Waals surface area contributed by atoms with Crippen LogP contribution in [0.3, 0.4) is 0 Å². The molecule has 0 aliphatic carbocycles. The summed E-state index contributed by atoms with van der Waals surface area (Å²) in [5, 5.41) is 3.54. The molecule has 30 heavy (non-hydrogen) atoms. The molecule has 2 aromatic carbocycles. The highest BCUT2D eigenvalue weighted by molar-refractivity contribution is 5.80. The molecule has 3 aromatic rings. The van der Waals surface area contributed by atoms with E-state index in [1.165, 1.54) is 16.7 Å². The van der Waals surface area contributed by atoms with Gasteiger partial charge in [0, 0.05) is 65.3 Å². The van der Waals surface area contributed by atoms with E-state index in [4.69, 9.17) is 0 Å². The van der Waals surface area contributed by atoms with Crippen LogP contribution in [0.25, 0.3) is 0 Å². The normalized spacial score (nSPS) is 15.4. The van der Waals surface area contributed by atoms with Crippen molar-refractivity contribution in [1.29, 1.82) is 0 Å². The molecule has 1 aliphatic heterocycles. The molecule has 0 bridgehead atoms. The van der Waals surface area contributed by atoms with Gasteiger partial charge in [0.1, 0.15) is 0 Å². The first-order chi connectivity index (χ1) is 14.8. The van der Waals surface area contributed by atoms with Gasteiger partial charge in [0.05, 0.1) is 6.33 Å². The van der Waals surface area contributed by atoms with Crippen LogP contribution in [0.15, 0.2) is 78.3 Å². The minimum atomic E-state index is 0.772. The summed E-state index contributed by atoms with van der Waals surface area (Å²) >= 11 is 0. The van der Waals surface area contributed by atoms with Crippen molar-refractivity contribution < 1.29 is 0 Å². The summed E-state index contributed by atoms with van der Waals surface area (Å²) in [5.74, 6) is 0.981. The molecule has 6 nitrogen and oxygen atoms in total. The molecule has 0 saturated carbocycles. The maximum Gasteiger partial charge on any atom is 0.194 e. The van der Waals surface area contributed by atoms with Crippen molar-refractivity contribution in [3.8, 4) is 0 Å². The second-order valence-corrected chi connectivity index (χ2v) is 7.70. The van der Waals surface area contributed by atoms with Gasteiger partial charge in [0.25, 0.3) is 0 Å². The number of hydrogen-bond donors (Lipinski definition) is 1. The minimum absolute atomic E-state index is 0.772. The van der Waals surface area contributed by atoms with Crippen LogP contribution in [-0.2, 0) is 19.6 Å². The van der Waals surface area contributed by atoms with Gasteiger partial charge in [-0.25, -0.2) is 4.98 Å². The minimum Gasteiger partial charge on any atom is -0.352 e. The molecule has 2 heterocycles. The van der Waals surface area contributed by atoms with Gasteiger partial charge in [0.15, 0.2) is 5.96 Å². The van der Waals surface area contributed by atoms with Gasteiger partial charge in [-0.1, -0.05) is 54.6 Å². The van der Waals surface area contributed by atoms with Crippen molar-refractivity contribution in [3.63, 3.8) is 0 Å². The Morgan fingerprint density at radius 1 is 0.933 bits per heavy atom. The Kier molecular flexibility index (Phi) is 6.77. The highest BCUT2D eigenvalue weighted by Gasteiger charge is 2.19. The van der Waals surface area contributed by atoms with Crippen molar-refractivity contribution in [1.82, 2.24) is 24.7 Å². The molecule has 0 amide bonds. The molecule has 1 aliphatic rings. The van der Waals surface area contributed by atoms with Crippen LogP contribution in [0.2, 0.25) is 0 Å². The number of piperazine rings is 1. The van der Waals surface area contributed by atoms with Crippen molar-refractivity contribution >= 4 is 5.96 Å². The number of rotatable bonds is 6. The lowest BCUT2D eigenvalue weighted by Gasteiger charge is -2.36. The van der Waals surface area contributed by atoms with E-state index in [9.17, 15) is 0 Å². The van der Waals surface area contributed by atoms with E-state index in [0.717, 1.165) is 51.8 Å². The average molecular weight is 403 g/mol. The summed E-state index contributed by atoms with van der Waals surface area (Å²) in [6.07, 6.45) is 5.66. The van der Waals surface area contributed by atoms with Crippen molar-refractivity contribution in [2.45, 2.75) is 19.6 Å². The van der Waals surface area contributed by atoms with Gasteiger partial charge in [-0.3, -0.25) is 9.89 Å². The van der Waals surface area contributed by atoms with E-state index < -0.39 is 0 Å². The third-order valence-electron chi connectivity index (χ3n) is 5.50. The molecule has 0 spiro atoms. The number of benzene rings is 2. The van der Waals surface area contributed by atoms with Crippen LogP contribution >= 0.6 is 0 Å². The quantitative estimate of drug-likeness (QED) is 0.509. The van der Waals surface area contributed by atoms with E-state index >= 15 is 0 Å². The predicted molar refractivity (Wildman–Crippen MR) is 121 cm³/mol. The molecule has 4 rings (SSSR count). The standard InChI is InChI=1S/C24H30N6/c1-25-24(30-14-12-28(13-15-30)18-21-6-3-2-4-7-21)27-17-22-8-5-9-23(16-22)19-29-11-10-26-20-29/h2-11,16,20H,12-15,17-19H2,1H3,(H,25,27). The van der Waals surface area contributed by atoms with E-state index in [-0.39, 0.29) is 0 Å². The van der Waals surface area contributed by atoms with E-state index in [1.807, 2.05) is 25.8 Å². The first kappa shape index (κ1) is 20.2. The maximum absolute atomic E-state index is 4.52. The fourth-order valence-corrected chi connectivity index (χ4v) is 3.90. The fourth-order valence-electron chi connectivity index (χ4n) is 3.90. The van der Waals surface area contributed by atoms with Crippen LogP contribution in [0.1, 0.15) is 16.7 Å². The first-order valence-electron chi connectivity index (χ1n) is 10.6. The van der Waals surface area contributed by atoms with Crippen LogP contribution < -0.4 is 5.32 Å². The van der Waals surface area contributed by atoms with Crippen molar-refractivity contribution in [2.24, 2.45) is 4.99 Å². The highest BCUT2D eigenvalue weighted by Crippen LogP contribution is 2.10. The third kappa shape index (κ3) is 5.48. The lowest BCUT2D eigenvalue weighted by atomic mass is 10.1. The Balaban J connectivity index is 1.27. The van der Waals surface area contributed by atoms with E-state index in [1.54, 1.807) is 0 Å². The number of nitrogens with one attached hydrogen (secondary N) is 1. The molecule has 0 unspecified atom stereocenters. The topological polar surface area (TPSA) is 48.7 Å². The smallest absolute Gasteiger partial charge is 0.194 e. The Morgan fingerprint density at radius 2 is 1.70 bits per heavy atom. The summed E-state index contributed by atoms with van der Waals surface area (Å²) in [6.45, 7) is 6.72. The summed E-state index contributed by atoms with van der Waals surface area (Å²) in [5.41, 5.74) is 3.91. The number of aliphatic imine (C=N–C) groups is 1. The number of aromatic nitrogens is 2.